The van der Waals surface area contributed by atoms with Crippen LogP contribution in [0.2, 0.25) is 0 Å². The molecule has 0 bridgehead atoms. The molecule has 1 N–H and O–H groups in total. The van der Waals surface area contributed by atoms with E-state index < -0.39 is 26.5 Å². The van der Waals surface area contributed by atoms with Crippen LogP contribution < -0.4 is 0 Å². The molecule has 0 aliphatic rings. The van der Waals surface area contributed by atoms with E-state index in [1.165, 1.54) is 38.5 Å². The summed E-state index contributed by atoms with van der Waals surface area (Å²) in [6.07, 6.45) is 83.5. The summed E-state index contributed by atoms with van der Waals surface area (Å²) in [5, 5.41) is 0. The first kappa shape index (κ1) is 72.9. The van der Waals surface area contributed by atoms with Gasteiger partial charge in [0, 0.05) is 12.8 Å². The van der Waals surface area contributed by atoms with Crippen LogP contribution in [0.4, 0.5) is 0 Å². The second-order valence-corrected chi connectivity index (χ2v) is 22.1. The number of carbonyl (C=O) groups excluding carboxylic acids is 2. The number of likely N-dealkylation sites (N-methyl/N-ethyl adjacent to an activating group) is 1. The third-order valence-corrected chi connectivity index (χ3v) is 13.1. The average molecular weight is 1090 g/mol. The fourth-order valence-corrected chi connectivity index (χ4v) is 8.23. The molecular weight excluding hydrogens is 978 g/mol. The first-order valence-electron chi connectivity index (χ1n) is 30.1. The van der Waals surface area contributed by atoms with Gasteiger partial charge in [-0.3, -0.25) is 18.6 Å². The zero-order valence-corrected chi connectivity index (χ0v) is 50.3. The molecule has 0 fully saturated rings. The number of unbranched alkanes of at least 4 members (excludes halogenated alkanes) is 15. The molecule has 0 spiro atoms. The summed E-state index contributed by atoms with van der Waals surface area (Å²) in [5.74, 6) is -0.840. The molecule has 0 aromatic heterocycles. The highest BCUT2D eigenvalue weighted by atomic mass is 31.2. The van der Waals surface area contributed by atoms with Gasteiger partial charge in [0.2, 0.25) is 0 Å². The van der Waals surface area contributed by atoms with Crippen LogP contribution in [-0.2, 0) is 32.7 Å². The maximum atomic E-state index is 12.8. The summed E-state index contributed by atoms with van der Waals surface area (Å²) in [6, 6.07) is 0. The molecule has 0 rings (SSSR count). The highest BCUT2D eigenvalue weighted by molar-refractivity contribution is 7.47. The molecule has 436 valence electrons. The van der Waals surface area contributed by atoms with Crippen LogP contribution >= 0.6 is 7.82 Å². The van der Waals surface area contributed by atoms with Gasteiger partial charge in [-0.1, -0.05) is 224 Å². The summed E-state index contributed by atoms with van der Waals surface area (Å²) in [7, 11) is 1.44. The highest BCUT2D eigenvalue weighted by Gasteiger charge is 2.27. The van der Waals surface area contributed by atoms with Crippen LogP contribution in [0.5, 0.6) is 0 Å². The van der Waals surface area contributed by atoms with Crippen molar-refractivity contribution in [3.05, 3.63) is 146 Å². The zero-order chi connectivity index (χ0) is 56.3. The molecule has 10 heteroatoms. The summed E-state index contributed by atoms with van der Waals surface area (Å²) >= 11 is 0. The number of allylic oxidation sites excluding steroid dienone is 24. The fourth-order valence-electron chi connectivity index (χ4n) is 7.48. The van der Waals surface area contributed by atoms with Gasteiger partial charge in [0.05, 0.1) is 27.7 Å². The van der Waals surface area contributed by atoms with Crippen LogP contribution in [0.15, 0.2) is 146 Å². The number of rotatable bonds is 53. The van der Waals surface area contributed by atoms with E-state index in [1.54, 1.807) is 0 Å². The Morgan fingerprint density at radius 1 is 0.416 bits per heavy atom. The van der Waals surface area contributed by atoms with E-state index in [0.29, 0.717) is 17.4 Å². The van der Waals surface area contributed by atoms with Gasteiger partial charge in [-0.25, -0.2) is 4.57 Å². The molecule has 0 heterocycles. The Morgan fingerprint density at radius 2 is 0.740 bits per heavy atom. The number of nitrogens with zero attached hydrogens (tertiary/aromatic N) is 1. The molecule has 2 atom stereocenters. The molecule has 77 heavy (non-hydrogen) atoms. The third-order valence-electron chi connectivity index (χ3n) is 12.1. The molecule has 0 radical (unpaired) electrons. The zero-order valence-electron chi connectivity index (χ0n) is 49.4. The van der Waals surface area contributed by atoms with E-state index in [0.717, 1.165) is 141 Å². The van der Waals surface area contributed by atoms with Crippen LogP contribution in [0.3, 0.4) is 0 Å². The number of hydrogen-bond acceptors (Lipinski definition) is 7. The lowest BCUT2D eigenvalue weighted by Gasteiger charge is -2.24. The van der Waals surface area contributed by atoms with Crippen LogP contribution in [0.25, 0.3) is 0 Å². The van der Waals surface area contributed by atoms with Crippen molar-refractivity contribution >= 4 is 19.8 Å². The first-order chi connectivity index (χ1) is 37.5. The maximum Gasteiger partial charge on any atom is 0.472 e. The van der Waals surface area contributed by atoms with Crippen molar-refractivity contribution < 1.29 is 42.1 Å². The second-order valence-electron chi connectivity index (χ2n) is 20.6. The molecular formula is C67H111NO8P+. The van der Waals surface area contributed by atoms with Crippen LogP contribution in [-0.4, -0.2) is 74.9 Å². The normalized spacial score (nSPS) is 14.3. The van der Waals surface area contributed by atoms with Crippen molar-refractivity contribution in [3.8, 4) is 0 Å². The predicted octanol–water partition coefficient (Wildman–Crippen LogP) is 19.1. The Bertz CT molecular complexity index is 1810. The maximum absolute atomic E-state index is 12.8. The number of carbonyl (C=O) groups is 2. The lowest BCUT2D eigenvalue weighted by atomic mass is 10.1. The van der Waals surface area contributed by atoms with E-state index in [9.17, 15) is 19.0 Å². The van der Waals surface area contributed by atoms with Gasteiger partial charge in [-0.05, 0) is 122 Å². The summed E-state index contributed by atoms with van der Waals surface area (Å²) in [4.78, 5) is 35.6. The quantitative estimate of drug-likeness (QED) is 0.0211. The van der Waals surface area contributed by atoms with Crippen molar-refractivity contribution in [1.82, 2.24) is 0 Å². The van der Waals surface area contributed by atoms with Gasteiger partial charge in [-0.2, -0.15) is 0 Å². The molecule has 9 nitrogen and oxygen atoms in total. The van der Waals surface area contributed by atoms with Crippen LogP contribution in [0.1, 0.15) is 213 Å². The van der Waals surface area contributed by atoms with E-state index in [4.69, 9.17) is 18.5 Å². The van der Waals surface area contributed by atoms with Gasteiger partial charge >= 0.3 is 19.8 Å². The molecule has 0 amide bonds. The first-order valence-corrected chi connectivity index (χ1v) is 31.6. The minimum atomic E-state index is -4.40. The number of hydrogen-bond donors (Lipinski definition) is 1. The van der Waals surface area contributed by atoms with Gasteiger partial charge in [-0.15, -0.1) is 0 Å². The number of ether oxygens (including phenoxy) is 2. The number of phosphoric ester groups is 1. The van der Waals surface area contributed by atoms with Gasteiger partial charge in [0.1, 0.15) is 19.8 Å². The Balaban J connectivity index is 4.19. The molecule has 0 aromatic rings. The van der Waals surface area contributed by atoms with Gasteiger partial charge in [0.25, 0.3) is 0 Å². The van der Waals surface area contributed by atoms with Crippen LogP contribution in [0, 0.1) is 0 Å². The SMILES string of the molecule is CC/C=C\C/C=C\C/C=C\C/C=C\C/C=C\C/C=C\C/C=C\C/C=C\C/C=C\C/C=C\C/C=C\CCCCCCCC(=O)OC(COC(=O)CCCCCCC/C=C\CCCCCCC)COP(=O)(O)OCC[N+](C)(C)C. The van der Waals surface area contributed by atoms with Crippen molar-refractivity contribution in [2.24, 2.45) is 0 Å². The van der Waals surface area contributed by atoms with Gasteiger partial charge in [0.15, 0.2) is 6.10 Å². The number of quaternary nitrogens is 1. The Labute approximate surface area is 472 Å². The molecule has 0 aromatic carbocycles. The van der Waals surface area contributed by atoms with E-state index >= 15 is 0 Å². The minimum absolute atomic E-state index is 0.0189. The lowest BCUT2D eigenvalue weighted by Crippen LogP contribution is -2.37. The molecule has 0 saturated carbocycles. The summed E-state index contributed by atoms with van der Waals surface area (Å²) in [5.41, 5.74) is 0. The highest BCUT2D eigenvalue weighted by Crippen LogP contribution is 2.43. The van der Waals surface area contributed by atoms with Crippen molar-refractivity contribution in [2.75, 3.05) is 47.5 Å². The summed E-state index contributed by atoms with van der Waals surface area (Å²) < 4.78 is 34.5. The number of esters is 2. The largest absolute Gasteiger partial charge is 0.472 e. The molecule has 0 aliphatic heterocycles. The van der Waals surface area contributed by atoms with E-state index in [-0.39, 0.29) is 32.0 Å². The number of phosphoric acid groups is 1. The Morgan fingerprint density at radius 3 is 1.12 bits per heavy atom. The summed E-state index contributed by atoms with van der Waals surface area (Å²) in [6.45, 7) is 4.25. The van der Waals surface area contributed by atoms with E-state index in [2.05, 4.69) is 160 Å². The van der Waals surface area contributed by atoms with Crippen molar-refractivity contribution in [2.45, 2.75) is 219 Å². The van der Waals surface area contributed by atoms with E-state index in [1.807, 2.05) is 21.1 Å². The predicted molar refractivity (Wildman–Crippen MR) is 330 cm³/mol. The Kier molecular flexibility index (Phi) is 53.6. The third kappa shape index (κ3) is 61.0. The molecule has 0 aliphatic carbocycles. The second kappa shape index (κ2) is 56.6. The smallest absolute Gasteiger partial charge is 0.462 e. The monoisotopic (exact) mass is 1090 g/mol. The molecule has 2 unspecified atom stereocenters. The lowest BCUT2D eigenvalue weighted by molar-refractivity contribution is -0.870. The standard InChI is InChI=1S/C67H110NO8P/c1-6-8-10-12-14-16-18-20-22-23-24-25-26-27-28-29-30-31-32-33-34-35-36-37-38-39-40-41-42-43-44-45-46-48-50-52-54-56-58-60-67(70)76-65(64-75-77(71,72)74-62-61-68(3,4)5)63-73-66(69)59-57-55-53-51-49-47-21-19-17-15-13-11-9-7-2/h8,10,14,16,19-22,24-25,27-28,30-31,33-34,36-37,39-40,42-43,45-46,65H,6-7,9,11-13,15,17-18,23,26,29,32,35,38,41,44,47-64H2,1-5H3/p+1/b10-8-,16-14-,21-19-,22-20-,25-24-,28-27-,31-30-,34-33-,37-36-,40-39-,43-42-,46-45-. The Hall–Kier alpha value is -4.11. The van der Waals surface area contributed by atoms with Crippen molar-refractivity contribution in [1.29, 1.82) is 0 Å². The topological polar surface area (TPSA) is 108 Å². The average Bonchev–Trinajstić information content (AvgIpc) is 3.39. The minimum Gasteiger partial charge on any atom is -0.462 e. The van der Waals surface area contributed by atoms with Crippen molar-refractivity contribution in [3.63, 3.8) is 0 Å². The van der Waals surface area contributed by atoms with Gasteiger partial charge < -0.3 is 18.9 Å². The fraction of sp³-hybridized carbons (Fsp3) is 0.612. The molecule has 0 saturated heterocycles.